The van der Waals surface area contributed by atoms with Crippen LogP contribution in [0.3, 0.4) is 0 Å². The van der Waals surface area contributed by atoms with Gasteiger partial charge in [-0.25, -0.2) is 9.78 Å². The largest absolute Gasteiger partial charge is 0.478 e. The van der Waals surface area contributed by atoms with Crippen LogP contribution in [0.25, 0.3) is 22.6 Å². The summed E-state index contributed by atoms with van der Waals surface area (Å²) in [5, 5.41) is 8.94. The Kier molecular flexibility index (Phi) is 2.83. The molecule has 0 atom stereocenters. The first kappa shape index (κ1) is 11.9. The van der Waals surface area contributed by atoms with Gasteiger partial charge in [-0.2, -0.15) is 0 Å². The van der Waals surface area contributed by atoms with Crippen molar-refractivity contribution in [2.24, 2.45) is 0 Å². The number of carboxylic acid groups (broad SMARTS) is 1. The molecule has 0 bridgehead atoms. The second-order valence-electron chi connectivity index (χ2n) is 3.99. The fourth-order valence-corrected chi connectivity index (χ4v) is 2.26. The van der Waals surface area contributed by atoms with Gasteiger partial charge in [0.2, 0.25) is 5.89 Å². The molecule has 0 saturated carbocycles. The Morgan fingerprint density at radius 2 is 2.00 bits per heavy atom. The van der Waals surface area contributed by atoms with E-state index in [1.807, 2.05) is 24.3 Å². The molecule has 0 fully saturated rings. The van der Waals surface area contributed by atoms with E-state index in [9.17, 15) is 4.79 Å². The van der Waals surface area contributed by atoms with Crippen molar-refractivity contribution in [1.29, 1.82) is 0 Å². The van der Waals surface area contributed by atoms with Crippen LogP contribution in [0.1, 0.15) is 10.4 Å². The average molecular weight is 318 g/mol. The van der Waals surface area contributed by atoms with Crippen molar-refractivity contribution in [3.63, 3.8) is 0 Å². The topological polar surface area (TPSA) is 63.3 Å². The zero-order valence-corrected chi connectivity index (χ0v) is 11.2. The number of fused-ring (bicyclic) bond motifs is 1. The minimum Gasteiger partial charge on any atom is -0.478 e. The molecule has 3 rings (SSSR count). The molecule has 0 saturated heterocycles. The number of oxazole rings is 1. The Bertz CT molecular complexity index is 779. The summed E-state index contributed by atoms with van der Waals surface area (Å²) >= 11 is 3.43. The number of carbonyl (C=O) groups is 1. The van der Waals surface area contributed by atoms with E-state index < -0.39 is 5.97 Å². The van der Waals surface area contributed by atoms with Crippen LogP contribution in [0.2, 0.25) is 0 Å². The molecule has 5 heteroatoms. The predicted octanol–water partition coefficient (Wildman–Crippen LogP) is 3.96. The van der Waals surface area contributed by atoms with Gasteiger partial charge >= 0.3 is 5.97 Å². The van der Waals surface area contributed by atoms with E-state index in [2.05, 4.69) is 20.9 Å². The van der Waals surface area contributed by atoms with Gasteiger partial charge in [-0.1, -0.05) is 12.1 Å². The van der Waals surface area contributed by atoms with Crippen LogP contribution in [-0.2, 0) is 0 Å². The maximum absolute atomic E-state index is 10.9. The van der Waals surface area contributed by atoms with Gasteiger partial charge in [0.25, 0.3) is 0 Å². The number of aromatic carboxylic acids is 1. The first-order chi connectivity index (χ1) is 9.15. The third-order valence-corrected chi connectivity index (χ3v) is 3.43. The molecule has 1 heterocycles. The maximum Gasteiger partial charge on any atom is 0.335 e. The summed E-state index contributed by atoms with van der Waals surface area (Å²) in [6, 6.07) is 12.2. The second-order valence-corrected chi connectivity index (χ2v) is 4.84. The van der Waals surface area contributed by atoms with E-state index >= 15 is 0 Å². The highest BCUT2D eigenvalue weighted by molar-refractivity contribution is 9.10. The molecule has 0 aliphatic rings. The second kappa shape index (κ2) is 4.51. The molecule has 0 spiro atoms. The van der Waals surface area contributed by atoms with Crippen molar-refractivity contribution in [1.82, 2.24) is 4.98 Å². The summed E-state index contributed by atoms with van der Waals surface area (Å²) in [5.41, 5.74) is 2.11. The van der Waals surface area contributed by atoms with Gasteiger partial charge in [-0.15, -0.1) is 0 Å². The van der Waals surface area contributed by atoms with Crippen LogP contribution in [0.15, 0.2) is 51.4 Å². The number of hydrogen-bond acceptors (Lipinski definition) is 3. The summed E-state index contributed by atoms with van der Waals surface area (Å²) in [6.07, 6.45) is 0. The molecule has 0 radical (unpaired) electrons. The molecule has 94 valence electrons. The molecule has 1 N–H and O–H groups in total. The Hall–Kier alpha value is -2.14. The van der Waals surface area contributed by atoms with Gasteiger partial charge in [0.05, 0.1) is 11.1 Å². The van der Waals surface area contributed by atoms with Gasteiger partial charge in [-0.3, -0.25) is 0 Å². The fraction of sp³-hybridized carbons (Fsp3) is 0. The zero-order chi connectivity index (χ0) is 13.4. The quantitative estimate of drug-likeness (QED) is 0.777. The number of benzene rings is 2. The molecular formula is C14H8BrNO3. The van der Waals surface area contributed by atoms with Crippen LogP contribution in [-0.4, -0.2) is 16.1 Å². The smallest absolute Gasteiger partial charge is 0.335 e. The van der Waals surface area contributed by atoms with E-state index in [4.69, 9.17) is 9.52 Å². The minimum absolute atomic E-state index is 0.183. The first-order valence-corrected chi connectivity index (χ1v) is 6.33. The lowest BCUT2D eigenvalue weighted by atomic mass is 10.2. The summed E-state index contributed by atoms with van der Waals surface area (Å²) in [4.78, 5) is 15.3. The zero-order valence-electron chi connectivity index (χ0n) is 9.63. The number of nitrogens with zero attached hydrogens (tertiary/aromatic N) is 1. The summed E-state index contributed by atoms with van der Waals surface area (Å²) in [6.45, 7) is 0. The van der Waals surface area contributed by atoms with Crippen LogP contribution >= 0.6 is 15.9 Å². The molecule has 19 heavy (non-hydrogen) atoms. The average Bonchev–Trinajstić information content (AvgIpc) is 2.81. The summed E-state index contributed by atoms with van der Waals surface area (Å²) in [7, 11) is 0. The Morgan fingerprint density at radius 1 is 1.21 bits per heavy atom. The molecular weight excluding hydrogens is 310 g/mol. The molecule has 0 aliphatic heterocycles. The normalized spacial score (nSPS) is 10.8. The Labute approximate surface area is 116 Å². The van der Waals surface area contributed by atoms with Gasteiger partial charge in [-0.05, 0) is 46.3 Å². The lowest BCUT2D eigenvalue weighted by Gasteiger charge is -1.97. The predicted molar refractivity (Wildman–Crippen MR) is 74.1 cm³/mol. The minimum atomic E-state index is -0.985. The number of rotatable bonds is 2. The van der Waals surface area contributed by atoms with E-state index in [1.54, 1.807) is 6.07 Å². The number of halogens is 1. The van der Waals surface area contributed by atoms with Crippen molar-refractivity contribution in [2.75, 3.05) is 0 Å². The van der Waals surface area contributed by atoms with Gasteiger partial charge in [0.15, 0.2) is 5.58 Å². The van der Waals surface area contributed by atoms with Gasteiger partial charge in [0, 0.05) is 4.47 Å². The highest BCUT2D eigenvalue weighted by Crippen LogP contribution is 2.30. The van der Waals surface area contributed by atoms with Gasteiger partial charge < -0.3 is 9.52 Å². The Balaban J connectivity index is 2.17. The van der Waals surface area contributed by atoms with Crippen molar-refractivity contribution < 1.29 is 14.3 Å². The SMILES string of the molecule is O=C(O)c1ccc2nc(-c3ccccc3Br)oc2c1. The monoisotopic (exact) mass is 317 g/mol. The number of aromatic nitrogens is 1. The van der Waals surface area contributed by atoms with Crippen molar-refractivity contribution in [2.45, 2.75) is 0 Å². The lowest BCUT2D eigenvalue weighted by molar-refractivity contribution is 0.0697. The molecule has 0 amide bonds. The van der Waals surface area contributed by atoms with Crippen molar-refractivity contribution in [3.05, 3.63) is 52.5 Å². The lowest BCUT2D eigenvalue weighted by Crippen LogP contribution is -1.94. The summed E-state index contributed by atoms with van der Waals surface area (Å²) < 4.78 is 6.50. The third kappa shape index (κ3) is 2.13. The van der Waals surface area contributed by atoms with Crippen LogP contribution < -0.4 is 0 Å². The third-order valence-electron chi connectivity index (χ3n) is 2.74. The van der Waals surface area contributed by atoms with Crippen molar-refractivity contribution >= 4 is 33.0 Å². The fourth-order valence-electron chi connectivity index (χ4n) is 1.81. The first-order valence-electron chi connectivity index (χ1n) is 5.54. The van der Waals surface area contributed by atoms with E-state index in [0.29, 0.717) is 17.0 Å². The highest BCUT2D eigenvalue weighted by Gasteiger charge is 2.12. The van der Waals surface area contributed by atoms with E-state index in [1.165, 1.54) is 12.1 Å². The molecule has 3 aromatic rings. The van der Waals surface area contributed by atoms with E-state index in [-0.39, 0.29) is 5.56 Å². The Morgan fingerprint density at radius 3 is 2.74 bits per heavy atom. The maximum atomic E-state index is 10.9. The molecule has 0 unspecified atom stereocenters. The van der Waals surface area contributed by atoms with Gasteiger partial charge in [0.1, 0.15) is 5.52 Å². The molecule has 1 aromatic heterocycles. The van der Waals surface area contributed by atoms with Crippen molar-refractivity contribution in [3.8, 4) is 11.5 Å². The van der Waals surface area contributed by atoms with E-state index in [0.717, 1.165) is 10.0 Å². The van der Waals surface area contributed by atoms with Crippen LogP contribution in [0.4, 0.5) is 0 Å². The highest BCUT2D eigenvalue weighted by atomic mass is 79.9. The van der Waals surface area contributed by atoms with Crippen LogP contribution in [0, 0.1) is 0 Å². The van der Waals surface area contributed by atoms with Crippen LogP contribution in [0.5, 0.6) is 0 Å². The molecule has 4 nitrogen and oxygen atoms in total. The summed E-state index contributed by atoms with van der Waals surface area (Å²) in [5.74, 6) is -0.522. The standard InChI is InChI=1S/C14H8BrNO3/c15-10-4-2-1-3-9(10)13-16-11-6-5-8(14(17)18)7-12(11)19-13/h1-7H,(H,17,18). The molecule has 2 aromatic carbocycles. The number of hydrogen-bond donors (Lipinski definition) is 1. The molecule has 0 aliphatic carbocycles. The number of carboxylic acids is 1.